The molecule has 0 bridgehead atoms. The number of carbonyl (C=O) groups is 1. The Hall–Kier alpha value is -5.10. The maximum absolute atomic E-state index is 11.6. The lowest BCUT2D eigenvalue weighted by Gasteiger charge is -2.11. The largest absolute Gasteiger partial charge is 0.487 e. The van der Waals surface area contributed by atoms with Gasteiger partial charge in [-0.05, 0) is 67.4 Å². The fourth-order valence-corrected chi connectivity index (χ4v) is 4.05. The van der Waals surface area contributed by atoms with Gasteiger partial charge in [0.2, 0.25) is 0 Å². The first-order chi connectivity index (χ1) is 19.5. The van der Waals surface area contributed by atoms with Gasteiger partial charge in [0.25, 0.3) is 0 Å². The zero-order valence-corrected chi connectivity index (χ0v) is 22.6. The molecule has 0 spiro atoms. The zero-order valence-electron chi connectivity index (χ0n) is 22.6. The first-order valence-corrected chi connectivity index (χ1v) is 12.7. The molecule has 0 atom stereocenters. The monoisotopic (exact) mass is 538 g/mol. The molecule has 0 unspecified atom stereocenters. The number of hydrogen-bond acceptors (Lipinski definition) is 9. The molecule has 1 N–H and O–H groups in total. The summed E-state index contributed by atoms with van der Waals surface area (Å²) in [4.78, 5) is 16.5. The number of aromatic nitrogens is 1. The number of methoxy groups -OCH3 is 1. The van der Waals surface area contributed by atoms with Crippen LogP contribution < -0.4 is 10.1 Å². The van der Waals surface area contributed by atoms with Crippen LogP contribution in [0.4, 0.5) is 5.69 Å². The van der Waals surface area contributed by atoms with E-state index in [-0.39, 0.29) is 19.0 Å². The lowest BCUT2D eigenvalue weighted by Crippen LogP contribution is -2.13. The molecule has 0 saturated heterocycles. The highest BCUT2D eigenvalue weighted by Crippen LogP contribution is 2.28. The number of aryl methyl sites for hydroxylation is 1. The fraction of sp³-hybridized carbons (Fsp3) is 0.226. The summed E-state index contributed by atoms with van der Waals surface area (Å²) >= 11 is 0. The molecule has 9 nitrogen and oxygen atoms in total. The summed E-state index contributed by atoms with van der Waals surface area (Å²) < 4.78 is 16.2. The Morgan fingerprint density at radius 3 is 2.40 bits per heavy atom. The summed E-state index contributed by atoms with van der Waals surface area (Å²) in [6.45, 7) is 2.72. The first-order valence-electron chi connectivity index (χ1n) is 12.7. The summed E-state index contributed by atoms with van der Waals surface area (Å²) in [6, 6.07) is 24.9. The highest BCUT2D eigenvalue weighted by molar-refractivity contribution is 6.01. The van der Waals surface area contributed by atoms with Crippen LogP contribution in [-0.2, 0) is 27.3 Å². The second kappa shape index (κ2) is 13.6. The number of nitriles is 1. The van der Waals surface area contributed by atoms with E-state index in [1.165, 1.54) is 14.2 Å². The molecule has 0 aliphatic carbocycles. The van der Waals surface area contributed by atoms with Crippen LogP contribution in [0, 0.1) is 18.3 Å². The minimum Gasteiger partial charge on any atom is -0.487 e. The summed E-state index contributed by atoms with van der Waals surface area (Å²) in [5.41, 5.74) is 6.64. The number of ether oxygens (including phenoxy) is 2. The minimum absolute atomic E-state index is 0.221. The molecule has 40 heavy (non-hydrogen) atoms. The molecule has 3 aromatic carbocycles. The second-order valence-electron chi connectivity index (χ2n) is 8.93. The van der Waals surface area contributed by atoms with Crippen molar-refractivity contribution in [2.24, 2.45) is 5.16 Å². The van der Waals surface area contributed by atoms with Crippen LogP contribution in [0.3, 0.4) is 0 Å². The van der Waals surface area contributed by atoms with E-state index in [1.807, 2.05) is 67.6 Å². The molecule has 0 fully saturated rings. The van der Waals surface area contributed by atoms with Crippen molar-refractivity contribution in [2.45, 2.75) is 26.3 Å². The number of benzene rings is 3. The molecule has 9 heteroatoms. The maximum atomic E-state index is 11.6. The highest BCUT2D eigenvalue weighted by atomic mass is 16.6. The average Bonchev–Trinajstić information content (AvgIpc) is 3.37. The summed E-state index contributed by atoms with van der Waals surface area (Å²) in [7, 11) is 2.87. The van der Waals surface area contributed by atoms with Gasteiger partial charge >= 0.3 is 5.97 Å². The molecule has 0 aliphatic heterocycles. The second-order valence-corrected chi connectivity index (χ2v) is 8.93. The minimum atomic E-state index is -0.265. The standard InChI is InChI=1S/C31H30N4O5/c1-21-28(16-17-30(36)37-2)31(40-34-21)25-10-12-26(13-11-25)33-19-23-6-14-27(15-7-23)39-20-29(35-38-3)24-8-4-22(18-32)5-9-24/h4-15,33H,16-17,19-20H2,1-3H3. The molecular formula is C31H30N4O5. The fourth-order valence-electron chi connectivity index (χ4n) is 4.05. The van der Waals surface area contributed by atoms with Crippen molar-refractivity contribution in [2.75, 3.05) is 26.1 Å². The molecule has 204 valence electrons. The van der Waals surface area contributed by atoms with Crippen molar-refractivity contribution in [3.05, 3.63) is 101 Å². The molecule has 4 aromatic rings. The van der Waals surface area contributed by atoms with E-state index < -0.39 is 0 Å². The number of esters is 1. The van der Waals surface area contributed by atoms with E-state index in [0.29, 0.717) is 35.8 Å². The number of anilines is 1. The molecule has 1 aromatic heterocycles. The Bertz CT molecular complexity index is 1480. The van der Waals surface area contributed by atoms with Crippen molar-refractivity contribution in [3.63, 3.8) is 0 Å². The van der Waals surface area contributed by atoms with Crippen molar-refractivity contribution in [1.29, 1.82) is 5.26 Å². The Morgan fingerprint density at radius 1 is 1.02 bits per heavy atom. The van der Waals surface area contributed by atoms with Crippen molar-refractivity contribution in [1.82, 2.24) is 5.16 Å². The van der Waals surface area contributed by atoms with Gasteiger partial charge in [-0.2, -0.15) is 5.26 Å². The smallest absolute Gasteiger partial charge is 0.305 e. The number of oxime groups is 1. The number of rotatable bonds is 12. The third-order valence-electron chi connectivity index (χ3n) is 6.28. The first kappa shape index (κ1) is 27.9. The SMILES string of the molecule is CON=C(COc1ccc(CNc2ccc(-c3onc(C)c3CCC(=O)OC)cc2)cc1)c1ccc(C#N)cc1. The molecule has 0 radical (unpaired) electrons. The Balaban J connectivity index is 1.31. The van der Waals surface area contributed by atoms with Crippen LogP contribution in [0.25, 0.3) is 11.3 Å². The van der Waals surface area contributed by atoms with Gasteiger partial charge in [-0.25, -0.2) is 0 Å². The van der Waals surface area contributed by atoms with Crippen molar-refractivity contribution < 1.29 is 23.6 Å². The molecule has 0 amide bonds. The van der Waals surface area contributed by atoms with Gasteiger partial charge in [-0.3, -0.25) is 4.79 Å². The van der Waals surface area contributed by atoms with Gasteiger partial charge in [0.05, 0.1) is 24.4 Å². The van der Waals surface area contributed by atoms with Crippen molar-refractivity contribution in [3.8, 4) is 23.1 Å². The van der Waals surface area contributed by atoms with E-state index in [4.69, 9.17) is 24.1 Å². The molecule has 0 saturated carbocycles. The number of carbonyl (C=O) groups excluding carboxylic acids is 1. The van der Waals surface area contributed by atoms with Crippen LogP contribution in [0.2, 0.25) is 0 Å². The Kier molecular flexibility index (Phi) is 9.51. The molecular weight excluding hydrogens is 508 g/mol. The van der Waals surface area contributed by atoms with Crippen LogP contribution >= 0.6 is 0 Å². The Morgan fingerprint density at radius 2 is 1.75 bits per heavy atom. The van der Waals surface area contributed by atoms with Gasteiger partial charge < -0.3 is 24.2 Å². The van der Waals surface area contributed by atoms with Crippen LogP contribution in [0.1, 0.15) is 34.4 Å². The molecule has 4 rings (SSSR count). The predicted octanol–water partition coefficient (Wildman–Crippen LogP) is 5.67. The highest BCUT2D eigenvalue weighted by Gasteiger charge is 2.16. The predicted molar refractivity (Wildman–Crippen MR) is 151 cm³/mol. The zero-order chi connectivity index (χ0) is 28.3. The summed E-state index contributed by atoms with van der Waals surface area (Å²) in [5.74, 6) is 1.11. The van der Waals surface area contributed by atoms with E-state index in [1.54, 1.807) is 12.1 Å². The van der Waals surface area contributed by atoms with E-state index in [2.05, 4.69) is 21.7 Å². The maximum Gasteiger partial charge on any atom is 0.305 e. The van der Waals surface area contributed by atoms with Gasteiger partial charge in [0.15, 0.2) is 5.76 Å². The van der Waals surface area contributed by atoms with E-state index in [9.17, 15) is 4.79 Å². The topological polar surface area (TPSA) is 119 Å². The summed E-state index contributed by atoms with van der Waals surface area (Å²) in [5, 5.41) is 20.6. The van der Waals surface area contributed by atoms with Crippen LogP contribution in [0.5, 0.6) is 5.75 Å². The average molecular weight is 539 g/mol. The van der Waals surface area contributed by atoms with Gasteiger partial charge in [0.1, 0.15) is 25.2 Å². The normalized spacial score (nSPS) is 11.0. The number of hydrogen-bond donors (Lipinski definition) is 1. The van der Waals surface area contributed by atoms with Gasteiger partial charge in [0, 0.05) is 35.3 Å². The molecule has 1 heterocycles. The quantitative estimate of drug-likeness (QED) is 0.139. The molecule has 0 aliphatic rings. The van der Waals surface area contributed by atoms with E-state index >= 15 is 0 Å². The lowest BCUT2D eigenvalue weighted by molar-refractivity contribution is -0.140. The van der Waals surface area contributed by atoms with Crippen LogP contribution in [-0.4, -0.2) is 37.7 Å². The third-order valence-corrected chi connectivity index (χ3v) is 6.28. The number of nitrogens with one attached hydrogen (secondary N) is 1. The third kappa shape index (κ3) is 7.26. The van der Waals surface area contributed by atoms with Gasteiger partial charge in [-0.1, -0.05) is 34.6 Å². The van der Waals surface area contributed by atoms with Gasteiger partial charge in [-0.15, -0.1) is 0 Å². The Labute approximate surface area is 233 Å². The lowest BCUT2D eigenvalue weighted by atomic mass is 10.0. The number of nitrogens with zero attached hydrogens (tertiary/aromatic N) is 3. The van der Waals surface area contributed by atoms with Crippen molar-refractivity contribution >= 4 is 17.4 Å². The summed E-state index contributed by atoms with van der Waals surface area (Å²) in [6.07, 6.45) is 0.779. The van der Waals surface area contributed by atoms with E-state index in [0.717, 1.165) is 33.6 Å². The van der Waals surface area contributed by atoms with Crippen LogP contribution in [0.15, 0.2) is 82.5 Å².